The van der Waals surface area contributed by atoms with Crippen molar-refractivity contribution in [3.63, 3.8) is 0 Å². The number of nitrogens with zero attached hydrogens (tertiary/aromatic N) is 2. The molecular formula is C36H34N2O2. The molecule has 1 aliphatic heterocycles. The van der Waals surface area contributed by atoms with Crippen molar-refractivity contribution in [2.75, 3.05) is 4.90 Å². The van der Waals surface area contributed by atoms with Crippen LogP contribution in [0.2, 0.25) is 0 Å². The first-order valence-electron chi connectivity index (χ1n) is 14.4. The predicted molar refractivity (Wildman–Crippen MR) is 162 cm³/mol. The molecule has 4 unspecified atom stereocenters. The topological polar surface area (TPSA) is 64.3 Å². The molecule has 1 fully saturated rings. The highest BCUT2D eigenvalue weighted by atomic mass is 16.4. The summed E-state index contributed by atoms with van der Waals surface area (Å²) in [6, 6.07) is 17.3. The number of hydrogen-bond donors (Lipinski definition) is 1. The van der Waals surface area contributed by atoms with Gasteiger partial charge in [-0.1, -0.05) is 80.2 Å². The second-order valence-corrected chi connectivity index (χ2v) is 11.3. The molecule has 4 nitrogen and oxygen atoms in total. The minimum atomic E-state index is -1.19. The lowest BCUT2D eigenvalue weighted by Gasteiger charge is -2.28. The Bertz CT molecular complexity index is 1540. The summed E-state index contributed by atoms with van der Waals surface area (Å²) in [5.41, 5.74) is 8.07. The molecule has 4 aliphatic rings. The van der Waals surface area contributed by atoms with Gasteiger partial charge in [-0.05, 0) is 89.8 Å². The maximum Gasteiger partial charge on any atom is 0.346 e. The van der Waals surface area contributed by atoms with E-state index in [-0.39, 0.29) is 5.57 Å². The maximum absolute atomic E-state index is 11.4. The normalized spacial score (nSPS) is 25.4. The summed E-state index contributed by atoms with van der Waals surface area (Å²) >= 11 is 0. The number of carboxylic acids is 1. The van der Waals surface area contributed by atoms with Crippen molar-refractivity contribution in [2.45, 2.75) is 51.0 Å². The van der Waals surface area contributed by atoms with Crippen molar-refractivity contribution in [1.82, 2.24) is 0 Å². The number of allylic oxidation sites excluding steroid dienone is 9. The molecular weight excluding hydrogens is 492 g/mol. The second kappa shape index (κ2) is 11.0. The van der Waals surface area contributed by atoms with E-state index < -0.39 is 5.97 Å². The van der Waals surface area contributed by atoms with E-state index in [1.54, 1.807) is 6.07 Å². The van der Waals surface area contributed by atoms with Gasteiger partial charge in [0.2, 0.25) is 0 Å². The van der Waals surface area contributed by atoms with Gasteiger partial charge in [-0.15, -0.1) is 0 Å². The summed E-state index contributed by atoms with van der Waals surface area (Å²) in [6.45, 7) is 2.29. The molecule has 0 spiro atoms. The number of carboxylic acid groups (broad SMARTS) is 1. The van der Waals surface area contributed by atoms with Crippen molar-refractivity contribution in [2.24, 2.45) is 11.8 Å². The zero-order valence-corrected chi connectivity index (χ0v) is 22.8. The van der Waals surface area contributed by atoms with Gasteiger partial charge in [0.25, 0.3) is 0 Å². The summed E-state index contributed by atoms with van der Waals surface area (Å²) in [4.78, 5) is 13.8. The molecule has 3 aliphatic carbocycles. The summed E-state index contributed by atoms with van der Waals surface area (Å²) < 4.78 is 0. The van der Waals surface area contributed by atoms with Gasteiger partial charge in [0.05, 0.1) is 0 Å². The minimum absolute atomic E-state index is 0.241. The van der Waals surface area contributed by atoms with Crippen LogP contribution in [0.1, 0.15) is 61.6 Å². The molecule has 1 N–H and O–H groups in total. The Morgan fingerprint density at radius 3 is 2.55 bits per heavy atom. The molecule has 0 bridgehead atoms. The van der Waals surface area contributed by atoms with Gasteiger partial charge in [-0.25, -0.2) is 4.79 Å². The molecule has 2 aromatic carbocycles. The van der Waals surface area contributed by atoms with Gasteiger partial charge in [0.1, 0.15) is 11.6 Å². The molecule has 0 radical (unpaired) electrons. The number of anilines is 2. The molecule has 2 aromatic rings. The smallest absolute Gasteiger partial charge is 0.346 e. The second-order valence-electron chi connectivity index (χ2n) is 11.3. The van der Waals surface area contributed by atoms with E-state index in [0.29, 0.717) is 23.8 Å². The lowest BCUT2D eigenvalue weighted by atomic mass is 9.79. The van der Waals surface area contributed by atoms with Crippen LogP contribution in [0.25, 0.3) is 12.2 Å². The zero-order valence-electron chi connectivity index (χ0n) is 22.8. The van der Waals surface area contributed by atoms with E-state index >= 15 is 0 Å². The molecule has 1 heterocycles. The highest BCUT2D eigenvalue weighted by molar-refractivity contribution is 5.96. The van der Waals surface area contributed by atoms with Gasteiger partial charge in [-0.2, -0.15) is 5.26 Å². The van der Waals surface area contributed by atoms with Gasteiger partial charge >= 0.3 is 5.97 Å². The van der Waals surface area contributed by atoms with Crippen molar-refractivity contribution < 1.29 is 9.90 Å². The third-order valence-electron chi connectivity index (χ3n) is 8.78. The SMILES string of the molecule is CC1C=CC=CC1/C(=C/c1ccc(N2c3ccc(/C=C(\C#N)C(=O)O)cc3C3CCCC32)cc1)C1=CCCC=C1. The molecule has 1 saturated carbocycles. The number of fused-ring (bicyclic) bond motifs is 3. The fraction of sp³-hybridized carbons (Fsp3) is 0.278. The number of rotatable bonds is 6. The quantitative estimate of drug-likeness (QED) is 0.303. The van der Waals surface area contributed by atoms with Crippen LogP contribution in [0.5, 0.6) is 0 Å². The highest BCUT2D eigenvalue weighted by Crippen LogP contribution is 2.52. The molecule has 4 heteroatoms. The van der Waals surface area contributed by atoms with Crippen molar-refractivity contribution in [3.05, 3.63) is 118 Å². The Kier molecular flexibility index (Phi) is 7.13. The van der Waals surface area contributed by atoms with Crippen molar-refractivity contribution in [3.8, 4) is 6.07 Å². The first-order chi connectivity index (χ1) is 19.5. The average molecular weight is 527 g/mol. The lowest BCUT2D eigenvalue weighted by Crippen LogP contribution is -2.26. The lowest BCUT2D eigenvalue weighted by molar-refractivity contribution is -0.132. The van der Waals surface area contributed by atoms with E-state index in [4.69, 9.17) is 0 Å². The third-order valence-corrected chi connectivity index (χ3v) is 8.78. The highest BCUT2D eigenvalue weighted by Gasteiger charge is 2.42. The van der Waals surface area contributed by atoms with Crippen LogP contribution in [0, 0.1) is 23.2 Å². The van der Waals surface area contributed by atoms with Crippen LogP contribution in [0.15, 0.2) is 102 Å². The Balaban J connectivity index is 1.33. The number of aliphatic carboxylic acids is 1. The van der Waals surface area contributed by atoms with E-state index in [1.165, 1.54) is 46.1 Å². The Morgan fingerprint density at radius 1 is 1.02 bits per heavy atom. The predicted octanol–water partition coefficient (Wildman–Crippen LogP) is 8.50. The standard InChI is InChI=1S/C36H34N2O2/c1-24-8-5-6-11-30(24)32(27-9-3-2-4-10-27)21-25-14-17-29(18-15-25)38-34-13-7-12-31(34)33-22-26(16-19-35(33)38)20-28(23-37)36(39)40/h3,5-6,8-11,14-22,24,30-31,34H,2,4,7,12-13H2,1H3,(H,39,40)/b28-20+,32-21+. The fourth-order valence-electron chi connectivity index (χ4n) is 6.82. The number of hydrogen-bond acceptors (Lipinski definition) is 3. The Hall–Kier alpha value is -4.36. The van der Waals surface area contributed by atoms with Gasteiger partial charge in [0.15, 0.2) is 0 Å². The van der Waals surface area contributed by atoms with E-state index in [9.17, 15) is 15.2 Å². The Labute approximate surface area is 236 Å². The minimum Gasteiger partial charge on any atom is -0.477 e. The number of carbonyl (C=O) groups is 1. The maximum atomic E-state index is 11.4. The van der Waals surface area contributed by atoms with Crippen molar-refractivity contribution >= 4 is 29.5 Å². The summed E-state index contributed by atoms with van der Waals surface area (Å²) in [5.74, 6) is 0.0327. The largest absolute Gasteiger partial charge is 0.477 e. The van der Waals surface area contributed by atoms with Crippen LogP contribution in [0.4, 0.5) is 11.4 Å². The molecule has 0 aromatic heterocycles. The molecule has 200 valence electrons. The monoisotopic (exact) mass is 526 g/mol. The summed E-state index contributed by atoms with van der Waals surface area (Å²) in [7, 11) is 0. The van der Waals surface area contributed by atoms with Crippen LogP contribution in [-0.4, -0.2) is 17.1 Å². The van der Waals surface area contributed by atoms with Crippen LogP contribution in [-0.2, 0) is 4.79 Å². The third kappa shape index (κ3) is 4.89. The molecule has 0 saturated heterocycles. The van der Waals surface area contributed by atoms with Gasteiger partial charge in [0, 0.05) is 29.3 Å². The van der Waals surface area contributed by atoms with Crippen LogP contribution in [0.3, 0.4) is 0 Å². The van der Waals surface area contributed by atoms with Gasteiger partial charge in [-0.3, -0.25) is 0 Å². The van der Waals surface area contributed by atoms with Gasteiger partial charge < -0.3 is 10.0 Å². The molecule has 0 amide bonds. The average Bonchev–Trinajstić information content (AvgIpc) is 3.57. The van der Waals surface area contributed by atoms with Crippen molar-refractivity contribution in [1.29, 1.82) is 5.26 Å². The summed E-state index contributed by atoms with van der Waals surface area (Å²) in [5, 5.41) is 18.5. The number of nitriles is 1. The Morgan fingerprint density at radius 2 is 1.82 bits per heavy atom. The number of benzene rings is 2. The summed E-state index contributed by atoms with van der Waals surface area (Å²) in [6.07, 6.45) is 25.4. The molecule has 40 heavy (non-hydrogen) atoms. The van der Waals surface area contributed by atoms with E-state index in [1.807, 2.05) is 6.07 Å². The fourth-order valence-corrected chi connectivity index (χ4v) is 6.82. The first kappa shape index (κ1) is 25.9. The van der Waals surface area contributed by atoms with E-state index in [2.05, 4.69) is 96.8 Å². The zero-order chi connectivity index (χ0) is 27.6. The first-order valence-corrected chi connectivity index (χ1v) is 14.4. The molecule has 6 rings (SSSR count). The van der Waals surface area contributed by atoms with Crippen LogP contribution >= 0.6 is 0 Å². The van der Waals surface area contributed by atoms with E-state index in [0.717, 1.165) is 31.2 Å². The molecule has 4 atom stereocenters. The van der Waals surface area contributed by atoms with Crippen LogP contribution < -0.4 is 4.90 Å².